The molecule has 1 aliphatic heterocycles. The van der Waals surface area contributed by atoms with Crippen molar-refractivity contribution in [2.75, 3.05) is 13.1 Å². The fourth-order valence-electron chi connectivity index (χ4n) is 2.19. The highest BCUT2D eigenvalue weighted by molar-refractivity contribution is 5.94. The molecule has 0 aromatic carbocycles. The maximum Gasteiger partial charge on any atom is 0.268 e. The minimum absolute atomic E-state index is 0.0255. The molecule has 1 fully saturated rings. The fraction of sp³-hybridized carbons (Fsp3) is 0.583. The van der Waals surface area contributed by atoms with Crippen LogP contribution in [0.4, 0.5) is 0 Å². The van der Waals surface area contributed by atoms with E-state index in [1.165, 1.54) is 0 Å². The molecular weight excluding hydrogens is 202 g/mol. The average molecular weight is 221 g/mol. The molecule has 0 unspecified atom stereocenters. The number of carbonyl (C=O) groups excluding carboxylic acids is 1. The summed E-state index contributed by atoms with van der Waals surface area (Å²) in [4.78, 5) is 15.1. The van der Waals surface area contributed by atoms with Crippen LogP contribution < -0.4 is 10.6 Å². The van der Waals surface area contributed by atoms with Gasteiger partial charge in [-0.05, 0) is 51.4 Å². The monoisotopic (exact) mass is 221 g/mol. The summed E-state index contributed by atoms with van der Waals surface area (Å²) in [6.45, 7) is 5.91. The molecule has 2 rings (SSSR count). The van der Waals surface area contributed by atoms with E-state index in [9.17, 15) is 4.79 Å². The van der Waals surface area contributed by atoms with Gasteiger partial charge in [0.2, 0.25) is 0 Å². The number of hydrogen-bond acceptors (Lipinski definition) is 2. The number of H-pyrrole nitrogens is 1. The lowest BCUT2D eigenvalue weighted by Gasteiger charge is -2.23. The van der Waals surface area contributed by atoms with Crippen molar-refractivity contribution in [3.05, 3.63) is 23.0 Å². The number of hydrogen-bond donors (Lipinski definition) is 3. The van der Waals surface area contributed by atoms with Crippen molar-refractivity contribution >= 4 is 5.91 Å². The Hall–Kier alpha value is -1.29. The molecular formula is C12H19N3O. The first kappa shape index (κ1) is 11.2. The first-order valence-corrected chi connectivity index (χ1v) is 5.84. The van der Waals surface area contributed by atoms with Crippen molar-refractivity contribution in [1.29, 1.82) is 0 Å². The highest BCUT2D eigenvalue weighted by atomic mass is 16.1. The number of aromatic nitrogens is 1. The Kier molecular flexibility index (Phi) is 3.29. The van der Waals surface area contributed by atoms with Gasteiger partial charge in [0.05, 0.1) is 0 Å². The summed E-state index contributed by atoms with van der Waals surface area (Å²) in [6.07, 6.45) is 2.04. The van der Waals surface area contributed by atoms with E-state index in [1.54, 1.807) is 0 Å². The number of nitrogens with one attached hydrogen (secondary N) is 3. The predicted molar refractivity (Wildman–Crippen MR) is 63.6 cm³/mol. The Morgan fingerprint density at radius 2 is 2.06 bits per heavy atom. The largest absolute Gasteiger partial charge is 0.354 e. The number of amides is 1. The third kappa shape index (κ3) is 2.44. The Labute approximate surface area is 95.8 Å². The van der Waals surface area contributed by atoms with E-state index < -0.39 is 0 Å². The molecule has 16 heavy (non-hydrogen) atoms. The summed E-state index contributed by atoms with van der Waals surface area (Å²) in [5.74, 6) is 0.0255. The van der Waals surface area contributed by atoms with Crippen molar-refractivity contribution in [3.63, 3.8) is 0 Å². The predicted octanol–water partition coefficient (Wildman–Crippen LogP) is 1.11. The molecule has 0 atom stereocenters. The van der Waals surface area contributed by atoms with E-state index in [0.29, 0.717) is 11.7 Å². The third-order valence-electron chi connectivity index (χ3n) is 3.05. The SMILES string of the molecule is Cc1cc(C)c(C(=O)NC2CCNCC2)[nH]1. The lowest BCUT2D eigenvalue weighted by molar-refractivity contribution is 0.0924. The molecule has 4 nitrogen and oxygen atoms in total. The highest BCUT2D eigenvalue weighted by Crippen LogP contribution is 2.10. The van der Waals surface area contributed by atoms with E-state index >= 15 is 0 Å². The van der Waals surface area contributed by atoms with Crippen LogP contribution in [0.5, 0.6) is 0 Å². The zero-order chi connectivity index (χ0) is 11.5. The Morgan fingerprint density at radius 1 is 1.38 bits per heavy atom. The average Bonchev–Trinajstić information content (AvgIpc) is 2.59. The van der Waals surface area contributed by atoms with Crippen LogP contribution >= 0.6 is 0 Å². The molecule has 1 saturated heterocycles. The summed E-state index contributed by atoms with van der Waals surface area (Å²) in [6, 6.07) is 2.31. The summed E-state index contributed by atoms with van der Waals surface area (Å²) in [5.41, 5.74) is 2.76. The Balaban J connectivity index is 1.99. The van der Waals surface area contributed by atoms with Gasteiger partial charge >= 0.3 is 0 Å². The van der Waals surface area contributed by atoms with E-state index in [0.717, 1.165) is 37.2 Å². The van der Waals surface area contributed by atoms with Crippen molar-refractivity contribution in [2.45, 2.75) is 32.7 Å². The van der Waals surface area contributed by atoms with Gasteiger partial charge in [0.25, 0.3) is 5.91 Å². The van der Waals surface area contributed by atoms with Gasteiger partial charge in [-0.3, -0.25) is 4.79 Å². The molecule has 0 saturated carbocycles. The smallest absolute Gasteiger partial charge is 0.268 e. The molecule has 1 aromatic rings. The van der Waals surface area contributed by atoms with Gasteiger partial charge in [0, 0.05) is 11.7 Å². The quantitative estimate of drug-likeness (QED) is 0.701. The van der Waals surface area contributed by atoms with Crippen molar-refractivity contribution in [1.82, 2.24) is 15.6 Å². The van der Waals surface area contributed by atoms with Gasteiger partial charge in [-0.25, -0.2) is 0 Å². The number of carbonyl (C=O) groups is 1. The highest BCUT2D eigenvalue weighted by Gasteiger charge is 2.18. The lowest BCUT2D eigenvalue weighted by atomic mass is 10.1. The molecule has 0 radical (unpaired) electrons. The second-order valence-electron chi connectivity index (χ2n) is 4.51. The number of rotatable bonds is 2. The van der Waals surface area contributed by atoms with Gasteiger partial charge in [0.15, 0.2) is 0 Å². The minimum Gasteiger partial charge on any atom is -0.354 e. The molecule has 1 amide bonds. The number of aryl methyl sites for hydroxylation is 2. The van der Waals surface area contributed by atoms with Crippen LogP contribution in [0.25, 0.3) is 0 Å². The van der Waals surface area contributed by atoms with Gasteiger partial charge in [-0.1, -0.05) is 0 Å². The molecule has 0 bridgehead atoms. The zero-order valence-electron chi connectivity index (χ0n) is 9.89. The summed E-state index contributed by atoms with van der Waals surface area (Å²) >= 11 is 0. The second kappa shape index (κ2) is 4.70. The molecule has 0 aliphatic carbocycles. The van der Waals surface area contributed by atoms with Crippen LogP contribution in [-0.2, 0) is 0 Å². The van der Waals surface area contributed by atoms with Gasteiger partial charge < -0.3 is 15.6 Å². The van der Waals surface area contributed by atoms with Crippen LogP contribution in [0.15, 0.2) is 6.07 Å². The third-order valence-corrected chi connectivity index (χ3v) is 3.05. The van der Waals surface area contributed by atoms with Crippen LogP contribution in [-0.4, -0.2) is 30.0 Å². The molecule has 0 spiro atoms. The Morgan fingerprint density at radius 3 is 2.62 bits per heavy atom. The fourth-order valence-corrected chi connectivity index (χ4v) is 2.19. The lowest BCUT2D eigenvalue weighted by Crippen LogP contribution is -2.42. The molecule has 1 aromatic heterocycles. The molecule has 88 valence electrons. The maximum atomic E-state index is 12.0. The molecule has 2 heterocycles. The van der Waals surface area contributed by atoms with Crippen molar-refractivity contribution in [2.24, 2.45) is 0 Å². The summed E-state index contributed by atoms with van der Waals surface area (Å²) in [7, 11) is 0. The maximum absolute atomic E-state index is 12.0. The van der Waals surface area contributed by atoms with Crippen LogP contribution in [0.3, 0.4) is 0 Å². The molecule has 3 N–H and O–H groups in total. The second-order valence-corrected chi connectivity index (χ2v) is 4.51. The number of piperidine rings is 1. The zero-order valence-corrected chi connectivity index (χ0v) is 9.89. The first-order chi connectivity index (χ1) is 7.66. The van der Waals surface area contributed by atoms with Gasteiger partial charge in [-0.2, -0.15) is 0 Å². The van der Waals surface area contributed by atoms with Crippen LogP contribution in [0, 0.1) is 13.8 Å². The standard InChI is InChI=1S/C12H19N3O/c1-8-7-9(2)14-11(8)12(16)15-10-3-5-13-6-4-10/h7,10,13-14H,3-6H2,1-2H3,(H,15,16). The first-order valence-electron chi connectivity index (χ1n) is 5.84. The van der Waals surface area contributed by atoms with E-state index in [2.05, 4.69) is 15.6 Å². The van der Waals surface area contributed by atoms with Gasteiger partial charge in [-0.15, -0.1) is 0 Å². The molecule has 1 aliphatic rings. The van der Waals surface area contributed by atoms with E-state index in [4.69, 9.17) is 0 Å². The van der Waals surface area contributed by atoms with E-state index in [1.807, 2.05) is 19.9 Å². The van der Waals surface area contributed by atoms with E-state index in [-0.39, 0.29) is 5.91 Å². The Bertz CT molecular complexity index is 378. The van der Waals surface area contributed by atoms with Crippen LogP contribution in [0.1, 0.15) is 34.6 Å². The summed E-state index contributed by atoms with van der Waals surface area (Å²) in [5, 5.41) is 6.36. The minimum atomic E-state index is 0.0255. The molecule has 4 heteroatoms. The normalized spacial score (nSPS) is 17.4. The van der Waals surface area contributed by atoms with Crippen LogP contribution in [0.2, 0.25) is 0 Å². The topological polar surface area (TPSA) is 56.9 Å². The van der Waals surface area contributed by atoms with Crippen molar-refractivity contribution in [3.8, 4) is 0 Å². The van der Waals surface area contributed by atoms with Gasteiger partial charge in [0.1, 0.15) is 5.69 Å². The van der Waals surface area contributed by atoms with Crippen molar-refractivity contribution < 1.29 is 4.79 Å². The summed E-state index contributed by atoms with van der Waals surface area (Å²) < 4.78 is 0. The number of aromatic amines is 1.